The zero-order valence-corrected chi connectivity index (χ0v) is 20.5. The highest BCUT2D eigenvalue weighted by molar-refractivity contribution is 7.98. The van der Waals surface area contributed by atoms with Crippen LogP contribution in [0.3, 0.4) is 0 Å². The van der Waals surface area contributed by atoms with Crippen molar-refractivity contribution in [3.8, 4) is 0 Å². The van der Waals surface area contributed by atoms with E-state index in [1.54, 1.807) is 30.0 Å². The quantitative estimate of drug-likeness (QED) is 0.567. The number of hydrogen-bond donors (Lipinski definition) is 2. The maximum atomic E-state index is 13.0. The second-order valence-corrected chi connectivity index (χ2v) is 11.8. The molecule has 8 heteroatoms. The maximum Gasteiger partial charge on any atom is 0.241 e. The number of amides is 1. The molecule has 1 heterocycles. The number of sulfonamides is 1. The van der Waals surface area contributed by atoms with Crippen LogP contribution < -0.4 is 10.0 Å². The van der Waals surface area contributed by atoms with Crippen LogP contribution in [0, 0.1) is 11.8 Å². The van der Waals surface area contributed by atoms with Crippen molar-refractivity contribution in [2.75, 3.05) is 31.6 Å². The van der Waals surface area contributed by atoms with Crippen LogP contribution in [0.2, 0.25) is 0 Å². The molecule has 0 radical (unpaired) electrons. The Morgan fingerprint density at radius 2 is 1.80 bits per heavy atom. The molecule has 1 saturated heterocycles. The summed E-state index contributed by atoms with van der Waals surface area (Å²) in [5.41, 5.74) is -0.193. The second kappa shape index (κ2) is 11.0. The zero-order chi connectivity index (χ0) is 22.4. The number of likely N-dealkylation sites (tertiary alicyclic amines) is 1. The van der Waals surface area contributed by atoms with Gasteiger partial charge in [-0.1, -0.05) is 32.0 Å². The Labute approximate surface area is 186 Å². The van der Waals surface area contributed by atoms with Gasteiger partial charge in [-0.25, -0.2) is 8.42 Å². The minimum absolute atomic E-state index is 0.170. The molecule has 0 aliphatic carbocycles. The van der Waals surface area contributed by atoms with Crippen molar-refractivity contribution in [1.82, 2.24) is 14.9 Å². The van der Waals surface area contributed by atoms with E-state index in [0.717, 1.165) is 13.1 Å². The molecule has 2 N–H and O–H groups in total. The van der Waals surface area contributed by atoms with Crippen LogP contribution in [-0.2, 0) is 14.8 Å². The van der Waals surface area contributed by atoms with Gasteiger partial charge in [-0.2, -0.15) is 16.5 Å². The SMILES string of the molecule is CSCCC(NS(=O)(=O)c1ccccc1)C(=O)NCC(C)(C)N1CC(C)CC(C)C1. The molecule has 1 aromatic rings. The fourth-order valence-corrected chi connectivity index (χ4v) is 5.75. The van der Waals surface area contributed by atoms with Crippen LogP contribution in [0.25, 0.3) is 0 Å². The number of benzene rings is 1. The molecule has 1 fully saturated rings. The van der Waals surface area contributed by atoms with Crippen molar-refractivity contribution >= 4 is 27.7 Å². The van der Waals surface area contributed by atoms with E-state index in [9.17, 15) is 13.2 Å². The maximum absolute atomic E-state index is 13.0. The van der Waals surface area contributed by atoms with Crippen molar-refractivity contribution in [1.29, 1.82) is 0 Å². The van der Waals surface area contributed by atoms with Crippen molar-refractivity contribution < 1.29 is 13.2 Å². The van der Waals surface area contributed by atoms with Crippen LogP contribution in [0.15, 0.2) is 35.2 Å². The van der Waals surface area contributed by atoms with Crippen molar-refractivity contribution in [3.05, 3.63) is 30.3 Å². The first-order valence-electron chi connectivity index (χ1n) is 10.6. The molecule has 0 spiro atoms. The van der Waals surface area contributed by atoms with Crippen molar-refractivity contribution in [2.45, 2.75) is 57.0 Å². The molecule has 0 aromatic heterocycles. The molecule has 2 rings (SSSR count). The van der Waals surface area contributed by atoms with Crippen LogP contribution in [0.5, 0.6) is 0 Å². The Morgan fingerprint density at radius 3 is 2.37 bits per heavy atom. The number of carbonyl (C=O) groups is 1. The van der Waals surface area contributed by atoms with E-state index < -0.39 is 16.1 Å². The summed E-state index contributed by atoms with van der Waals surface area (Å²) in [5.74, 6) is 1.70. The van der Waals surface area contributed by atoms with Crippen LogP contribution >= 0.6 is 11.8 Å². The Balaban J connectivity index is 2.04. The Kier molecular flexibility index (Phi) is 9.21. The van der Waals surface area contributed by atoms with E-state index in [0.29, 0.717) is 30.6 Å². The normalized spacial score (nSPS) is 21.9. The summed E-state index contributed by atoms with van der Waals surface area (Å²) in [6.07, 6.45) is 3.62. The lowest BCUT2D eigenvalue weighted by Crippen LogP contribution is -2.58. The molecule has 1 aliphatic rings. The molecule has 6 nitrogen and oxygen atoms in total. The molecule has 0 saturated carbocycles. The average molecular weight is 456 g/mol. The third-order valence-corrected chi connectivity index (χ3v) is 7.83. The van der Waals surface area contributed by atoms with Gasteiger partial charge in [-0.15, -0.1) is 0 Å². The molecular formula is C22H37N3O3S2. The summed E-state index contributed by atoms with van der Waals surface area (Å²) in [4.78, 5) is 15.6. The highest BCUT2D eigenvalue weighted by atomic mass is 32.2. The summed E-state index contributed by atoms with van der Waals surface area (Å²) >= 11 is 1.59. The third-order valence-electron chi connectivity index (χ3n) is 5.70. The molecule has 30 heavy (non-hydrogen) atoms. The number of hydrogen-bond acceptors (Lipinski definition) is 5. The van der Waals surface area contributed by atoms with Crippen molar-refractivity contribution in [3.63, 3.8) is 0 Å². The van der Waals surface area contributed by atoms with Crippen LogP contribution in [-0.4, -0.2) is 62.4 Å². The lowest BCUT2D eigenvalue weighted by Gasteiger charge is -2.45. The lowest BCUT2D eigenvalue weighted by atomic mass is 9.88. The van der Waals surface area contributed by atoms with Gasteiger partial charge in [0.25, 0.3) is 0 Å². The zero-order valence-electron chi connectivity index (χ0n) is 18.8. The van der Waals surface area contributed by atoms with Gasteiger partial charge in [-0.05, 0) is 62.7 Å². The van der Waals surface area contributed by atoms with Gasteiger partial charge in [-0.3, -0.25) is 9.69 Å². The van der Waals surface area contributed by atoms with Gasteiger partial charge >= 0.3 is 0 Å². The number of carbonyl (C=O) groups excluding carboxylic acids is 1. The number of nitrogens with one attached hydrogen (secondary N) is 2. The predicted octanol–water partition coefficient (Wildman–Crippen LogP) is 2.96. The standard InChI is InChI=1S/C22H37N3O3S2/c1-17-13-18(2)15-25(14-17)22(3,4)16-23-21(26)20(11-12-29-5)24-30(27,28)19-9-7-6-8-10-19/h6-10,17-18,20,24H,11-16H2,1-5H3,(H,23,26). The molecular weight excluding hydrogens is 418 g/mol. The van der Waals surface area contributed by atoms with Gasteiger partial charge < -0.3 is 5.32 Å². The highest BCUT2D eigenvalue weighted by Gasteiger charge is 2.34. The van der Waals surface area contributed by atoms with E-state index in [4.69, 9.17) is 0 Å². The Morgan fingerprint density at radius 1 is 1.20 bits per heavy atom. The number of rotatable bonds is 10. The first kappa shape index (κ1) is 25.2. The smallest absolute Gasteiger partial charge is 0.241 e. The Bertz CT molecular complexity index is 774. The van der Waals surface area contributed by atoms with Crippen LogP contribution in [0.4, 0.5) is 0 Å². The fraction of sp³-hybridized carbons (Fsp3) is 0.682. The van der Waals surface area contributed by atoms with Gasteiger partial charge in [0.2, 0.25) is 15.9 Å². The van der Waals surface area contributed by atoms with E-state index in [2.05, 4.69) is 42.6 Å². The molecule has 3 unspecified atom stereocenters. The highest BCUT2D eigenvalue weighted by Crippen LogP contribution is 2.27. The Hall–Kier alpha value is -1.09. The van der Waals surface area contributed by atoms with Crippen LogP contribution in [0.1, 0.15) is 40.5 Å². The molecule has 0 bridgehead atoms. The molecule has 1 amide bonds. The second-order valence-electron chi connectivity index (χ2n) is 9.15. The average Bonchev–Trinajstić information content (AvgIpc) is 2.69. The van der Waals surface area contributed by atoms with Gasteiger partial charge in [0.05, 0.1) is 4.90 Å². The summed E-state index contributed by atoms with van der Waals surface area (Å²) in [5, 5.41) is 3.02. The predicted molar refractivity (Wildman–Crippen MR) is 125 cm³/mol. The van der Waals surface area contributed by atoms with Crippen molar-refractivity contribution in [2.24, 2.45) is 11.8 Å². The minimum atomic E-state index is -3.75. The van der Waals surface area contributed by atoms with Gasteiger partial charge in [0.15, 0.2) is 0 Å². The summed E-state index contributed by atoms with van der Waals surface area (Å²) in [7, 11) is -3.75. The minimum Gasteiger partial charge on any atom is -0.353 e. The monoisotopic (exact) mass is 455 g/mol. The first-order valence-corrected chi connectivity index (χ1v) is 13.5. The topological polar surface area (TPSA) is 78.5 Å². The molecule has 170 valence electrons. The summed E-state index contributed by atoms with van der Waals surface area (Å²) in [6, 6.07) is 7.39. The summed E-state index contributed by atoms with van der Waals surface area (Å²) < 4.78 is 28.1. The third kappa shape index (κ3) is 7.25. The molecule has 1 aliphatic heterocycles. The van der Waals surface area contributed by atoms with E-state index in [1.165, 1.54) is 18.6 Å². The summed E-state index contributed by atoms with van der Waals surface area (Å²) in [6.45, 7) is 11.3. The number of thioether (sulfide) groups is 1. The number of piperidine rings is 1. The number of nitrogens with zero attached hydrogens (tertiary/aromatic N) is 1. The fourth-order valence-electron chi connectivity index (χ4n) is 4.03. The van der Waals surface area contributed by atoms with E-state index in [-0.39, 0.29) is 16.3 Å². The van der Waals surface area contributed by atoms with E-state index >= 15 is 0 Å². The molecule has 1 aromatic carbocycles. The van der Waals surface area contributed by atoms with Gasteiger partial charge in [0, 0.05) is 25.2 Å². The largest absolute Gasteiger partial charge is 0.353 e. The molecule has 3 atom stereocenters. The lowest BCUT2D eigenvalue weighted by molar-refractivity contribution is -0.123. The first-order chi connectivity index (χ1) is 14.0. The van der Waals surface area contributed by atoms with E-state index in [1.807, 2.05) is 6.26 Å². The van der Waals surface area contributed by atoms with Gasteiger partial charge in [0.1, 0.15) is 6.04 Å².